The standard InChI is InChI=1S/C31H52O4/c1-20(2)11-10-12-21(3)23-14-15-24-22-13-16-26(29(4,5)28(33)35-9)31(7,19-27(32)34-8)25(22)17-18-30(23,24)6/h16,20-25H,10-15,17-19H2,1-9H3/t21-,22-,23-,24+,25-,30+,31-/m0/s1. The van der Waals surface area contributed by atoms with Gasteiger partial charge in [0.05, 0.1) is 26.1 Å². The van der Waals surface area contributed by atoms with Crippen molar-refractivity contribution < 1.29 is 19.1 Å². The quantitative estimate of drug-likeness (QED) is 0.248. The van der Waals surface area contributed by atoms with E-state index in [0.717, 1.165) is 36.2 Å². The molecular weight excluding hydrogens is 436 g/mol. The highest BCUT2D eigenvalue weighted by atomic mass is 16.5. The lowest BCUT2D eigenvalue weighted by molar-refractivity contribution is -0.153. The summed E-state index contributed by atoms with van der Waals surface area (Å²) in [5.74, 6) is 3.58. The summed E-state index contributed by atoms with van der Waals surface area (Å²) in [4.78, 5) is 25.5. The predicted octanol–water partition coefficient (Wildman–Crippen LogP) is 7.61. The summed E-state index contributed by atoms with van der Waals surface area (Å²) in [6.45, 7) is 15.9. The number of carbonyl (C=O) groups is 2. The summed E-state index contributed by atoms with van der Waals surface area (Å²) in [7, 11) is 2.93. The van der Waals surface area contributed by atoms with Gasteiger partial charge in [0.15, 0.2) is 0 Å². The fourth-order valence-corrected chi connectivity index (χ4v) is 9.05. The van der Waals surface area contributed by atoms with Crippen LogP contribution in [0.3, 0.4) is 0 Å². The van der Waals surface area contributed by atoms with Crippen molar-refractivity contribution in [3.8, 4) is 0 Å². The molecule has 0 unspecified atom stereocenters. The molecule has 0 amide bonds. The second-order valence-corrected chi connectivity index (χ2v) is 13.5. The van der Waals surface area contributed by atoms with Gasteiger partial charge in [0.1, 0.15) is 0 Å². The van der Waals surface area contributed by atoms with Gasteiger partial charge in [-0.3, -0.25) is 9.59 Å². The van der Waals surface area contributed by atoms with E-state index in [1.165, 1.54) is 52.7 Å². The van der Waals surface area contributed by atoms with E-state index in [4.69, 9.17) is 9.47 Å². The summed E-state index contributed by atoms with van der Waals surface area (Å²) in [5.41, 5.74) is 0.305. The van der Waals surface area contributed by atoms with E-state index in [0.29, 0.717) is 29.6 Å². The first-order valence-electron chi connectivity index (χ1n) is 14.2. The molecular formula is C31H52O4. The van der Waals surface area contributed by atoms with Crippen LogP contribution in [0.1, 0.15) is 106 Å². The van der Waals surface area contributed by atoms with Gasteiger partial charge in [-0.25, -0.2) is 0 Å². The fourth-order valence-electron chi connectivity index (χ4n) is 9.05. The third-order valence-corrected chi connectivity index (χ3v) is 10.8. The van der Waals surface area contributed by atoms with E-state index in [-0.39, 0.29) is 11.9 Å². The molecule has 3 aliphatic rings. The lowest BCUT2D eigenvalue weighted by Crippen LogP contribution is -2.52. The maximum atomic E-state index is 12.8. The molecule has 0 aromatic rings. The number of allylic oxidation sites excluding steroid dienone is 1. The van der Waals surface area contributed by atoms with Crippen molar-refractivity contribution in [2.24, 2.45) is 51.8 Å². The van der Waals surface area contributed by atoms with E-state index in [1.54, 1.807) is 0 Å². The molecule has 0 saturated heterocycles. The molecule has 4 nitrogen and oxygen atoms in total. The van der Waals surface area contributed by atoms with Gasteiger partial charge in [-0.1, -0.05) is 65.5 Å². The van der Waals surface area contributed by atoms with Crippen molar-refractivity contribution in [2.75, 3.05) is 14.2 Å². The van der Waals surface area contributed by atoms with Crippen LogP contribution >= 0.6 is 0 Å². The number of hydrogen-bond donors (Lipinski definition) is 0. The van der Waals surface area contributed by atoms with E-state index >= 15 is 0 Å². The van der Waals surface area contributed by atoms with Crippen LogP contribution < -0.4 is 0 Å². The molecule has 35 heavy (non-hydrogen) atoms. The molecule has 0 radical (unpaired) electrons. The lowest BCUT2D eigenvalue weighted by Gasteiger charge is -2.58. The van der Waals surface area contributed by atoms with Crippen LogP contribution in [0.5, 0.6) is 0 Å². The maximum Gasteiger partial charge on any atom is 0.315 e. The Hall–Kier alpha value is -1.32. The third kappa shape index (κ3) is 5.10. The molecule has 3 rings (SSSR count). The van der Waals surface area contributed by atoms with Gasteiger partial charge in [-0.15, -0.1) is 0 Å². The Kier molecular flexibility index (Phi) is 8.54. The number of esters is 2. The lowest BCUT2D eigenvalue weighted by atomic mass is 9.46. The molecule has 200 valence electrons. The number of rotatable bonds is 9. The highest BCUT2D eigenvalue weighted by Crippen LogP contribution is 2.67. The van der Waals surface area contributed by atoms with Crippen molar-refractivity contribution in [3.63, 3.8) is 0 Å². The molecule has 7 atom stereocenters. The van der Waals surface area contributed by atoms with Crippen LogP contribution in [0, 0.1) is 51.8 Å². The molecule has 0 aromatic heterocycles. The minimum Gasteiger partial charge on any atom is -0.469 e. The van der Waals surface area contributed by atoms with Crippen LogP contribution in [-0.2, 0) is 19.1 Å². The van der Waals surface area contributed by atoms with E-state index < -0.39 is 10.8 Å². The van der Waals surface area contributed by atoms with Crippen molar-refractivity contribution >= 4 is 11.9 Å². The van der Waals surface area contributed by atoms with Crippen LogP contribution in [0.4, 0.5) is 0 Å². The van der Waals surface area contributed by atoms with Gasteiger partial charge in [-0.05, 0) is 86.9 Å². The molecule has 2 fully saturated rings. The Labute approximate surface area is 215 Å². The van der Waals surface area contributed by atoms with E-state index in [2.05, 4.69) is 40.7 Å². The minimum atomic E-state index is -0.758. The summed E-state index contributed by atoms with van der Waals surface area (Å²) in [5, 5.41) is 0. The predicted molar refractivity (Wildman–Crippen MR) is 142 cm³/mol. The van der Waals surface area contributed by atoms with Gasteiger partial charge in [0, 0.05) is 5.41 Å². The van der Waals surface area contributed by atoms with Crippen molar-refractivity contribution in [1.29, 1.82) is 0 Å². The molecule has 0 spiro atoms. The zero-order valence-electron chi connectivity index (χ0n) is 24.0. The monoisotopic (exact) mass is 488 g/mol. The third-order valence-electron chi connectivity index (χ3n) is 10.8. The minimum absolute atomic E-state index is 0.184. The van der Waals surface area contributed by atoms with Gasteiger partial charge in [0.25, 0.3) is 0 Å². The number of carbonyl (C=O) groups excluding carboxylic acids is 2. The van der Waals surface area contributed by atoms with Crippen LogP contribution in [0.15, 0.2) is 11.6 Å². The number of ether oxygens (including phenoxy) is 2. The Morgan fingerprint density at radius 3 is 2.31 bits per heavy atom. The van der Waals surface area contributed by atoms with Crippen LogP contribution in [-0.4, -0.2) is 26.2 Å². The van der Waals surface area contributed by atoms with Gasteiger partial charge in [-0.2, -0.15) is 0 Å². The SMILES string of the molecule is COC(=O)C[C@]1(C)C(C(C)(C)C(=O)OC)=CC[C@H]2[C@H]3CC[C@@H]([C@@H](C)CCCC(C)C)[C@@]3(C)CC[C@@H]21. The average Bonchev–Trinajstić information content (AvgIpc) is 3.15. The van der Waals surface area contributed by atoms with E-state index in [1.807, 2.05) is 13.8 Å². The second-order valence-electron chi connectivity index (χ2n) is 13.5. The highest BCUT2D eigenvalue weighted by molar-refractivity contribution is 5.81. The Morgan fingerprint density at radius 1 is 1.03 bits per heavy atom. The smallest absolute Gasteiger partial charge is 0.315 e. The van der Waals surface area contributed by atoms with Crippen LogP contribution in [0.25, 0.3) is 0 Å². The zero-order chi connectivity index (χ0) is 26.2. The topological polar surface area (TPSA) is 52.6 Å². The number of fused-ring (bicyclic) bond motifs is 3. The number of methoxy groups -OCH3 is 2. The number of hydrogen-bond acceptors (Lipinski definition) is 4. The largest absolute Gasteiger partial charge is 0.469 e. The normalized spacial score (nSPS) is 35.7. The molecule has 0 bridgehead atoms. The molecule has 0 aliphatic heterocycles. The Morgan fingerprint density at radius 2 is 1.71 bits per heavy atom. The van der Waals surface area contributed by atoms with Gasteiger partial charge in [0.2, 0.25) is 0 Å². The van der Waals surface area contributed by atoms with Gasteiger partial charge < -0.3 is 9.47 Å². The Balaban J connectivity index is 1.91. The first kappa shape index (κ1) is 28.3. The van der Waals surface area contributed by atoms with Crippen molar-refractivity contribution in [2.45, 2.75) is 106 Å². The van der Waals surface area contributed by atoms with Crippen molar-refractivity contribution in [3.05, 3.63) is 11.6 Å². The Bertz CT molecular complexity index is 811. The van der Waals surface area contributed by atoms with Crippen LogP contribution in [0.2, 0.25) is 0 Å². The first-order valence-corrected chi connectivity index (χ1v) is 14.2. The van der Waals surface area contributed by atoms with E-state index in [9.17, 15) is 9.59 Å². The molecule has 0 aromatic carbocycles. The zero-order valence-corrected chi connectivity index (χ0v) is 24.0. The molecule has 0 heterocycles. The summed E-state index contributed by atoms with van der Waals surface area (Å²) >= 11 is 0. The van der Waals surface area contributed by atoms with Crippen molar-refractivity contribution in [1.82, 2.24) is 0 Å². The average molecular weight is 489 g/mol. The summed E-state index contributed by atoms with van der Waals surface area (Å²) in [6.07, 6.45) is 12.6. The fraction of sp³-hybridized carbons (Fsp3) is 0.871. The van der Waals surface area contributed by atoms with Gasteiger partial charge >= 0.3 is 11.9 Å². The second kappa shape index (κ2) is 10.6. The summed E-state index contributed by atoms with van der Waals surface area (Å²) in [6, 6.07) is 0. The molecule has 2 saturated carbocycles. The first-order chi connectivity index (χ1) is 16.3. The molecule has 0 N–H and O–H groups in total. The molecule has 3 aliphatic carbocycles. The summed E-state index contributed by atoms with van der Waals surface area (Å²) < 4.78 is 10.4. The maximum absolute atomic E-state index is 12.8. The highest BCUT2D eigenvalue weighted by Gasteiger charge is 2.60. The molecule has 4 heteroatoms.